The summed E-state index contributed by atoms with van der Waals surface area (Å²) in [6.07, 6.45) is 0.892. The van der Waals surface area contributed by atoms with E-state index in [0.717, 1.165) is 6.42 Å². The van der Waals surface area contributed by atoms with Crippen LogP contribution in [0.25, 0.3) is 5.69 Å². The lowest BCUT2D eigenvalue weighted by Gasteiger charge is -2.24. The maximum Gasteiger partial charge on any atom is 0.0822 e. The number of hydrogen-bond donors (Lipinski definition) is 0. The number of anilines is 1. The zero-order chi connectivity index (χ0) is 17.9. The monoisotopic (exact) mass is 321 g/mol. The lowest BCUT2D eigenvalue weighted by molar-refractivity contribution is 0.434. The molecule has 1 unspecified atom stereocenters. The molecular weight excluding hydrogens is 294 g/mol. The quantitative estimate of drug-likeness (QED) is 0.808. The van der Waals surface area contributed by atoms with Crippen LogP contribution in [-0.4, -0.2) is 18.7 Å². The second-order valence-corrected chi connectivity index (χ2v) is 8.17. The minimum absolute atomic E-state index is 0.0312. The number of rotatable bonds is 2. The van der Waals surface area contributed by atoms with E-state index in [0.29, 0.717) is 0 Å². The highest BCUT2D eigenvalue weighted by Crippen LogP contribution is 2.53. The summed E-state index contributed by atoms with van der Waals surface area (Å²) in [5, 5.41) is 9.83. The van der Waals surface area contributed by atoms with E-state index in [1.165, 1.54) is 33.9 Å². The van der Waals surface area contributed by atoms with E-state index in [4.69, 9.17) is 0 Å². The van der Waals surface area contributed by atoms with Crippen LogP contribution in [0.5, 0.6) is 0 Å². The Morgan fingerprint density at radius 1 is 1.00 bits per heavy atom. The van der Waals surface area contributed by atoms with Gasteiger partial charge in [-0.15, -0.1) is 0 Å². The first-order valence-electron chi connectivity index (χ1n) is 8.54. The van der Waals surface area contributed by atoms with Crippen LogP contribution in [-0.2, 0) is 10.8 Å². The van der Waals surface area contributed by atoms with Crippen LogP contribution in [0.3, 0.4) is 0 Å². The van der Waals surface area contributed by atoms with Crippen LogP contribution in [0.4, 0.5) is 5.69 Å². The van der Waals surface area contributed by atoms with Crippen molar-refractivity contribution in [2.75, 3.05) is 19.0 Å². The number of fused-ring (bicyclic) bond motifs is 1. The van der Waals surface area contributed by atoms with Crippen molar-refractivity contribution in [3.05, 3.63) is 46.8 Å². The number of benzene rings is 1. The summed E-state index contributed by atoms with van der Waals surface area (Å²) in [5.74, 6) is 0. The molecule has 126 valence electrons. The SMILES string of the molecule is Cc1c2c(c(C)n1-c1ccc(N(C)C)cc1)C(C)(C#N)CC2(C)C. The zero-order valence-electron chi connectivity index (χ0n) is 15.9. The van der Waals surface area contributed by atoms with E-state index in [1.807, 2.05) is 0 Å². The van der Waals surface area contributed by atoms with Crippen molar-refractivity contribution in [1.82, 2.24) is 4.57 Å². The van der Waals surface area contributed by atoms with Crippen LogP contribution in [0.2, 0.25) is 0 Å². The van der Waals surface area contributed by atoms with Crippen molar-refractivity contribution >= 4 is 5.69 Å². The van der Waals surface area contributed by atoms with Gasteiger partial charge in [0.2, 0.25) is 0 Å². The molecule has 0 saturated heterocycles. The van der Waals surface area contributed by atoms with Crippen molar-refractivity contribution in [1.29, 1.82) is 5.26 Å². The summed E-state index contributed by atoms with van der Waals surface area (Å²) in [6.45, 7) is 11.0. The third-order valence-corrected chi connectivity index (χ3v) is 5.54. The first-order valence-corrected chi connectivity index (χ1v) is 8.54. The molecule has 3 heteroatoms. The molecule has 2 aromatic rings. The first-order chi connectivity index (χ1) is 11.1. The van der Waals surface area contributed by atoms with Crippen molar-refractivity contribution in [3.63, 3.8) is 0 Å². The van der Waals surface area contributed by atoms with E-state index in [-0.39, 0.29) is 5.41 Å². The molecule has 1 aromatic carbocycles. The molecule has 1 aliphatic carbocycles. The number of nitrogens with zero attached hydrogens (tertiary/aromatic N) is 3. The van der Waals surface area contributed by atoms with Crippen LogP contribution >= 0.6 is 0 Å². The minimum atomic E-state index is -0.400. The van der Waals surface area contributed by atoms with E-state index in [2.05, 4.69) is 88.5 Å². The fourth-order valence-corrected chi connectivity index (χ4v) is 4.78. The van der Waals surface area contributed by atoms with Crippen molar-refractivity contribution in [3.8, 4) is 11.8 Å². The molecule has 0 bridgehead atoms. The van der Waals surface area contributed by atoms with Gasteiger partial charge >= 0.3 is 0 Å². The van der Waals surface area contributed by atoms with Crippen LogP contribution in [0.15, 0.2) is 24.3 Å². The largest absolute Gasteiger partial charge is 0.378 e. The molecule has 0 aliphatic heterocycles. The average molecular weight is 321 g/mol. The van der Waals surface area contributed by atoms with E-state index < -0.39 is 5.41 Å². The third-order valence-electron chi connectivity index (χ3n) is 5.54. The van der Waals surface area contributed by atoms with Crippen molar-refractivity contribution in [2.45, 2.75) is 51.9 Å². The topological polar surface area (TPSA) is 32.0 Å². The number of aromatic nitrogens is 1. The predicted molar refractivity (Wildman–Crippen MR) is 100 cm³/mol. The lowest BCUT2D eigenvalue weighted by Crippen LogP contribution is -2.22. The third kappa shape index (κ3) is 2.17. The van der Waals surface area contributed by atoms with Gasteiger partial charge in [0, 0.05) is 36.9 Å². The summed E-state index contributed by atoms with van der Waals surface area (Å²) in [5.41, 5.74) is 7.06. The molecule has 1 aliphatic rings. The van der Waals surface area contributed by atoms with Gasteiger partial charge in [-0.05, 0) is 68.0 Å². The Balaban J connectivity index is 2.23. The Morgan fingerprint density at radius 2 is 1.54 bits per heavy atom. The Bertz CT molecular complexity index is 831. The molecule has 1 heterocycles. The highest BCUT2D eigenvalue weighted by molar-refractivity contribution is 5.59. The van der Waals surface area contributed by atoms with Gasteiger partial charge in [-0.2, -0.15) is 5.26 Å². The summed E-state index contributed by atoms with van der Waals surface area (Å²) in [6, 6.07) is 11.2. The van der Waals surface area contributed by atoms with Gasteiger partial charge in [0.05, 0.1) is 11.5 Å². The van der Waals surface area contributed by atoms with Gasteiger partial charge in [0.25, 0.3) is 0 Å². The smallest absolute Gasteiger partial charge is 0.0822 e. The normalized spacial score (nSPS) is 21.4. The standard InChI is InChI=1S/C21H27N3/c1-14-18-19(21(5,13-22)12-20(18,3)4)15(2)24(14)17-10-8-16(9-11-17)23(6)7/h8-11H,12H2,1-7H3. The van der Waals surface area contributed by atoms with Gasteiger partial charge < -0.3 is 9.47 Å². The van der Waals surface area contributed by atoms with Gasteiger partial charge in [-0.1, -0.05) is 13.8 Å². The Hall–Kier alpha value is -2.21. The van der Waals surface area contributed by atoms with Crippen molar-refractivity contribution < 1.29 is 0 Å². The second-order valence-electron chi connectivity index (χ2n) is 8.17. The van der Waals surface area contributed by atoms with Gasteiger partial charge in [0.1, 0.15) is 0 Å². The molecule has 1 atom stereocenters. The molecule has 0 fully saturated rings. The number of nitriles is 1. The van der Waals surface area contributed by atoms with Crippen LogP contribution in [0.1, 0.15) is 49.7 Å². The average Bonchev–Trinajstić information content (AvgIpc) is 2.91. The zero-order valence-corrected chi connectivity index (χ0v) is 15.9. The fraction of sp³-hybridized carbons (Fsp3) is 0.476. The fourth-order valence-electron chi connectivity index (χ4n) is 4.78. The molecule has 0 radical (unpaired) electrons. The maximum absolute atomic E-state index is 9.83. The Kier molecular flexibility index (Phi) is 3.57. The Morgan fingerprint density at radius 3 is 2.04 bits per heavy atom. The summed E-state index contributed by atoms with van der Waals surface area (Å²) in [7, 11) is 4.10. The molecule has 24 heavy (non-hydrogen) atoms. The molecular formula is C21H27N3. The lowest BCUT2D eigenvalue weighted by atomic mass is 9.80. The minimum Gasteiger partial charge on any atom is -0.378 e. The second kappa shape index (κ2) is 5.14. The summed E-state index contributed by atoms with van der Waals surface area (Å²) >= 11 is 0. The van der Waals surface area contributed by atoms with Gasteiger partial charge in [-0.3, -0.25) is 0 Å². The van der Waals surface area contributed by atoms with E-state index >= 15 is 0 Å². The van der Waals surface area contributed by atoms with E-state index in [1.54, 1.807) is 0 Å². The predicted octanol–water partition coefficient (Wildman–Crippen LogP) is 4.62. The summed E-state index contributed by atoms with van der Waals surface area (Å²) < 4.78 is 2.32. The van der Waals surface area contributed by atoms with Crippen molar-refractivity contribution in [2.24, 2.45) is 0 Å². The molecule has 0 N–H and O–H groups in total. The van der Waals surface area contributed by atoms with Gasteiger partial charge in [-0.25, -0.2) is 0 Å². The van der Waals surface area contributed by atoms with Crippen LogP contribution in [0, 0.1) is 25.2 Å². The molecule has 0 amide bonds. The molecule has 3 nitrogen and oxygen atoms in total. The molecule has 0 spiro atoms. The maximum atomic E-state index is 9.83. The molecule has 1 aromatic heterocycles. The summed E-state index contributed by atoms with van der Waals surface area (Å²) in [4.78, 5) is 2.11. The molecule has 3 rings (SSSR count). The van der Waals surface area contributed by atoms with Gasteiger partial charge in [0.15, 0.2) is 0 Å². The number of hydrogen-bond acceptors (Lipinski definition) is 2. The molecule has 0 saturated carbocycles. The highest BCUT2D eigenvalue weighted by Gasteiger charge is 2.49. The highest BCUT2D eigenvalue weighted by atomic mass is 15.1. The van der Waals surface area contributed by atoms with Crippen LogP contribution < -0.4 is 4.90 Å². The Labute approximate surface area is 145 Å². The van der Waals surface area contributed by atoms with E-state index in [9.17, 15) is 5.26 Å². The first kappa shape index (κ1) is 16.6.